The van der Waals surface area contributed by atoms with E-state index < -0.39 is 5.79 Å². The summed E-state index contributed by atoms with van der Waals surface area (Å²) in [5.41, 5.74) is 4.15. The van der Waals surface area contributed by atoms with Gasteiger partial charge in [-0.25, -0.2) is 0 Å². The van der Waals surface area contributed by atoms with Crippen LogP contribution in [0.25, 0.3) is 0 Å². The number of likely N-dealkylation sites (tertiary alicyclic amines) is 1. The van der Waals surface area contributed by atoms with E-state index in [1.54, 1.807) is 14.0 Å². The molecular weight excluding hydrogens is 532 g/mol. The van der Waals surface area contributed by atoms with Gasteiger partial charge in [0, 0.05) is 36.9 Å². The first-order valence-corrected chi connectivity index (χ1v) is 15.7. The monoisotopic (exact) mass is 576 g/mol. The number of carbonyl (C=O) groups excluding carboxylic acids is 2. The normalized spacial score (nSPS) is 23.4. The molecule has 2 aromatic rings. The number of hydrogen-bond acceptors (Lipinski definition) is 7. The number of benzene rings is 2. The van der Waals surface area contributed by atoms with Crippen molar-refractivity contribution in [1.29, 1.82) is 0 Å². The molecule has 1 spiro atoms. The van der Waals surface area contributed by atoms with Crippen molar-refractivity contribution >= 4 is 12.2 Å². The van der Waals surface area contributed by atoms with Gasteiger partial charge in [0.2, 0.25) is 6.41 Å². The van der Waals surface area contributed by atoms with E-state index in [4.69, 9.17) is 18.9 Å². The maximum absolute atomic E-state index is 11.7. The fourth-order valence-corrected chi connectivity index (χ4v) is 7.36. The van der Waals surface area contributed by atoms with E-state index in [0.29, 0.717) is 18.0 Å². The summed E-state index contributed by atoms with van der Waals surface area (Å²) < 4.78 is 25.4. The van der Waals surface area contributed by atoms with Crippen LogP contribution >= 0.6 is 0 Å². The molecule has 2 atom stereocenters. The maximum atomic E-state index is 11.7. The summed E-state index contributed by atoms with van der Waals surface area (Å²) in [5.74, 6) is 2.56. The lowest BCUT2D eigenvalue weighted by Gasteiger charge is -2.40. The van der Waals surface area contributed by atoms with Crippen LogP contribution in [0.15, 0.2) is 30.3 Å². The van der Waals surface area contributed by atoms with Crippen LogP contribution < -0.4 is 19.5 Å². The van der Waals surface area contributed by atoms with Gasteiger partial charge in [-0.05, 0) is 94.3 Å². The number of aryl methyl sites for hydroxylation is 1. The number of nitrogens with zero attached hydrogens (tertiary/aromatic N) is 1. The third-order valence-corrected chi connectivity index (χ3v) is 9.71. The van der Waals surface area contributed by atoms with Crippen LogP contribution in [0.2, 0.25) is 0 Å². The molecule has 1 saturated heterocycles. The highest BCUT2D eigenvalue weighted by Crippen LogP contribution is 2.51. The Balaban J connectivity index is 1.08. The molecule has 0 radical (unpaired) electrons. The molecule has 1 amide bonds. The predicted molar refractivity (Wildman–Crippen MR) is 159 cm³/mol. The second-order valence-electron chi connectivity index (χ2n) is 12.4. The third kappa shape index (κ3) is 6.02. The number of carbonyl (C=O) groups is 2. The lowest BCUT2D eigenvalue weighted by molar-refractivity contribution is -0.111. The molecule has 2 aromatic carbocycles. The van der Waals surface area contributed by atoms with Crippen LogP contribution in [0.5, 0.6) is 17.2 Å². The molecule has 3 heterocycles. The first kappa shape index (κ1) is 29.0. The average molecular weight is 577 g/mol. The van der Waals surface area contributed by atoms with Crippen molar-refractivity contribution in [3.8, 4) is 17.2 Å². The van der Waals surface area contributed by atoms with Gasteiger partial charge in [0.25, 0.3) is 5.79 Å². The molecule has 4 aliphatic rings. The van der Waals surface area contributed by atoms with Gasteiger partial charge in [0.1, 0.15) is 11.9 Å². The molecule has 1 aliphatic carbocycles. The van der Waals surface area contributed by atoms with Gasteiger partial charge in [-0.15, -0.1) is 0 Å². The summed E-state index contributed by atoms with van der Waals surface area (Å²) >= 11 is 0. The van der Waals surface area contributed by atoms with Crippen LogP contribution in [0.1, 0.15) is 91.4 Å². The van der Waals surface area contributed by atoms with Crippen LogP contribution in [0.4, 0.5) is 0 Å². The predicted octanol–water partition coefficient (Wildman–Crippen LogP) is 5.40. The van der Waals surface area contributed by atoms with Gasteiger partial charge in [-0.1, -0.05) is 24.6 Å². The molecule has 3 aliphatic heterocycles. The van der Waals surface area contributed by atoms with Crippen LogP contribution in [0.3, 0.4) is 0 Å². The minimum absolute atomic E-state index is 0.0536. The van der Waals surface area contributed by atoms with Gasteiger partial charge < -0.3 is 29.2 Å². The number of Topliss-reactive ketones (excluding diaryl/α,β-unsaturated/α-hetero) is 1. The average Bonchev–Trinajstić information content (AvgIpc) is 3.38. The van der Waals surface area contributed by atoms with Gasteiger partial charge in [-0.2, -0.15) is 0 Å². The highest BCUT2D eigenvalue weighted by Gasteiger charge is 2.46. The van der Waals surface area contributed by atoms with Crippen molar-refractivity contribution in [3.63, 3.8) is 0 Å². The summed E-state index contributed by atoms with van der Waals surface area (Å²) in [6.07, 6.45) is 11.0. The first-order chi connectivity index (χ1) is 20.5. The Hall–Kier alpha value is -3.10. The number of rotatable bonds is 10. The van der Waals surface area contributed by atoms with E-state index in [-0.39, 0.29) is 18.0 Å². The molecule has 0 bridgehead atoms. The molecule has 42 heavy (non-hydrogen) atoms. The van der Waals surface area contributed by atoms with Crippen molar-refractivity contribution in [2.75, 3.05) is 33.3 Å². The third-order valence-electron chi connectivity index (χ3n) is 9.71. The fourth-order valence-electron chi connectivity index (χ4n) is 7.36. The Morgan fingerprint density at radius 3 is 2.67 bits per heavy atom. The highest BCUT2D eigenvalue weighted by atomic mass is 16.7. The van der Waals surface area contributed by atoms with E-state index in [0.717, 1.165) is 112 Å². The molecule has 1 saturated carbocycles. The van der Waals surface area contributed by atoms with E-state index >= 15 is 0 Å². The summed E-state index contributed by atoms with van der Waals surface area (Å²) in [6, 6.07) is 9.91. The second kappa shape index (κ2) is 12.6. The molecule has 1 N–H and O–H groups in total. The quantitative estimate of drug-likeness (QED) is 0.299. The van der Waals surface area contributed by atoms with E-state index in [9.17, 15) is 9.59 Å². The largest absolute Gasteiger partial charge is 0.496 e. The molecule has 2 unspecified atom stereocenters. The van der Waals surface area contributed by atoms with Crippen molar-refractivity contribution in [2.24, 2.45) is 5.92 Å². The smallest absolute Gasteiger partial charge is 0.251 e. The summed E-state index contributed by atoms with van der Waals surface area (Å²) in [4.78, 5) is 25.5. The number of piperidine rings is 1. The number of nitrogens with one attached hydrogen (secondary N) is 1. The Morgan fingerprint density at radius 1 is 1.12 bits per heavy atom. The Labute approximate surface area is 249 Å². The topological polar surface area (TPSA) is 86.3 Å². The van der Waals surface area contributed by atoms with E-state index in [2.05, 4.69) is 16.3 Å². The van der Waals surface area contributed by atoms with Crippen molar-refractivity contribution in [1.82, 2.24) is 10.2 Å². The van der Waals surface area contributed by atoms with E-state index in [1.165, 1.54) is 12.0 Å². The standard InChI is InChI=1S/C34H44N2O6/c1-23(38)26-9-8-24(30(19-26)39-2)7-6-16-36-17-12-25(13-18-36)31-20-28-27(32(40-31)21-35-22-37)10-11-29-33(28)42-34(41-29)14-4-3-5-15-34/h8-11,19,22,25,31-32H,3-7,12-18,20-21H2,1-2H3,(H,35,37). The zero-order chi connectivity index (χ0) is 29.1. The maximum Gasteiger partial charge on any atom is 0.251 e. The first-order valence-electron chi connectivity index (χ1n) is 15.7. The lowest BCUT2D eigenvalue weighted by Crippen LogP contribution is -2.43. The van der Waals surface area contributed by atoms with Gasteiger partial charge in [0.05, 0.1) is 13.2 Å². The van der Waals surface area contributed by atoms with Crippen molar-refractivity contribution in [3.05, 3.63) is 52.6 Å². The number of methoxy groups -OCH3 is 1. The van der Waals surface area contributed by atoms with Crippen LogP contribution in [0, 0.1) is 5.92 Å². The molecule has 2 fully saturated rings. The fraction of sp³-hybridized carbons (Fsp3) is 0.588. The number of hydrogen-bond donors (Lipinski definition) is 1. The van der Waals surface area contributed by atoms with Gasteiger partial charge in [-0.3, -0.25) is 9.59 Å². The minimum Gasteiger partial charge on any atom is -0.496 e. The lowest BCUT2D eigenvalue weighted by atomic mass is 9.83. The van der Waals surface area contributed by atoms with Crippen molar-refractivity contribution < 1.29 is 28.5 Å². The number of fused-ring (bicyclic) bond motifs is 3. The number of ether oxygens (including phenoxy) is 4. The second-order valence-corrected chi connectivity index (χ2v) is 12.4. The minimum atomic E-state index is -0.509. The molecule has 226 valence electrons. The number of ketones is 1. The number of amides is 1. The summed E-state index contributed by atoms with van der Waals surface area (Å²) in [5, 5.41) is 2.86. The molecule has 6 rings (SSSR count). The summed E-state index contributed by atoms with van der Waals surface area (Å²) in [6.45, 7) is 5.16. The SMILES string of the molecule is COc1cc(C(C)=O)ccc1CCCN1CCC(C2Cc3c(ccc4c3OC3(CCCCC3)O4)C(CNC=O)O2)CC1. The Morgan fingerprint density at radius 2 is 1.93 bits per heavy atom. The van der Waals surface area contributed by atoms with E-state index in [1.807, 2.05) is 24.3 Å². The zero-order valence-electron chi connectivity index (χ0n) is 25.0. The molecule has 0 aromatic heterocycles. The summed E-state index contributed by atoms with van der Waals surface area (Å²) in [7, 11) is 1.67. The van der Waals surface area contributed by atoms with Gasteiger partial charge in [0.15, 0.2) is 17.3 Å². The Kier molecular flexibility index (Phi) is 8.72. The highest BCUT2D eigenvalue weighted by molar-refractivity contribution is 5.94. The molecule has 8 nitrogen and oxygen atoms in total. The van der Waals surface area contributed by atoms with Crippen LogP contribution in [-0.2, 0) is 22.4 Å². The molecule has 8 heteroatoms. The van der Waals surface area contributed by atoms with Crippen LogP contribution in [-0.4, -0.2) is 62.3 Å². The zero-order valence-corrected chi connectivity index (χ0v) is 25.0. The van der Waals surface area contributed by atoms with Crippen molar-refractivity contribution in [2.45, 2.75) is 89.1 Å². The Bertz CT molecular complexity index is 1280. The van der Waals surface area contributed by atoms with Gasteiger partial charge >= 0.3 is 0 Å². The molecular formula is C34H44N2O6.